The third kappa shape index (κ3) is 2.03. The van der Waals surface area contributed by atoms with Crippen LogP contribution in [0.25, 0.3) is 0 Å². The second kappa shape index (κ2) is 4.04. The van der Waals surface area contributed by atoms with Gasteiger partial charge in [0.05, 0.1) is 5.70 Å². The van der Waals surface area contributed by atoms with Crippen molar-refractivity contribution in [3.63, 3.8) is 0 Å². The number of carbonyl (C=O) groups excluding carboxylic acids is 1. The lowest BCUT2D eigenvalue weighted by atomic mass is 10.2. The summed E-state index contributed by atoms with van der Waals surface area (Å²) in [7, 11) is 0. The molecule has 1 N–H and O–H groups in total. The van der Waals surface area contributed by atoms with Crippen molar-refractivity contribution in [2.75, 3.05) is 0 Å². The van der Waals surface area contributed by atoms with Crippen LogP contribution in [0.2, 0.25) is 0 Å². The van der Waals surface area contributed by atoms with Gasteiger partial charge in [0.1, 0.15) is 5.03 Å². The number of aliphatic hydroxyl groups excluding tert-OH is 1. The average molecular weight is 224 g/mol. The molecular weight excluding hydrogens is 214 g/mol. The number of aliphatic hydroxyl groups is 1. The fraction of sp³-hybridized carbons (Fsp3) is 0.182. The van der Waals surface area contributed by atoms with Crippen LogP contribution in [0.4, 0.5) is 0 Å². The Morgan fingerprint density at radius 1 is 1.47 bits per heavy atom. The highest BCUT2D eigenvalue weighted by atomic mass is 35.5. The van der Waals surface area contributed by atoms with Crippen LogP contribution >= 0.6 is 11.6 Å². The summed E-state index contributed by atoms with van der Waals surface area (Å²) in [5.41, 5.74) is 1.58. The van der Waals surface area contributed by atoms with Crippen molar-refractivity contribution in [1.82, 2.24) is 4.90 Å². The van der Waals surface area contributed by atoms with Crippen LogP contribution in [-0.2, 0) is 11.3 Å². The number of nitrogens with zero attached hydrogens (tertiary/aromatic N) is 1. The molecule has 1 aliphatic rings. The summed E-state index contributed by atoms with van der Waals surface area (Å²) in [6.07, 6.45) is -0.159. The summed E-state index contributed by atoms with van der Waals surface area (Å²) in [5, 5.41) is 9.56. The summed E-state index contributed by atoms with van der Waals surface area (Å²) < 4.78 is 0. The molecule has 0 spiro atoms. The monoisotopic (exact) mass is 223 g/mol. The number of hydrogen-bond acceptors (Lipinski definition) is 3. The van der Waals surface area contributed by atoms with Crippen LogP contribution in [-0.4, -0.2) is 22.5 Å². The SMILES string of the molecule is O=C/C(Cl)=C1/C(O)N1Cc1ccccc1. The lowest BCUT2D eigenvalue weighted by Crippen LogP contribution is -2.00. The second-order valence-corrected chi connectivity index (χ2v) is 3.75. The van der Waals surface area contributed by atoms with E-state index in [0.717, 1.165) is 5.56 Å². The summed E-state index contributed by atoms with van der Waals surface area (Å²) in [5.74, 6) is 0. The molecule has 15 heavy (non-hydrogen) atoms. The van der Waals surface area contributed by atoms with Crippen LogP contribution in [0.3, 0.4) is 0 Å². The molecule has 1 heterocycles. The number of hydrogen-bond donors (Lipinski definition) is 1. The van der Waals surface area contributed by atoms with Gasteiger partial charge < -0.3 is 10.0 Å². The normalized spacial score (nSPS) is 22.5. The molecule has 1 unspecified atom stereocenters. The van der Waals surface area contributed by atoms with Gasteiger partial charge in [-0.2, -0.15) is 0 Å². The molecule has 1 fully saturated rings. The number of aldehydes is 1. The second-order valence-electron chi connectivity index (χ2n) is 3.34. The van der Waals surface area contributed by atoms with E-state index in [1.165, 1.54) is 0 Å². The van der Waals surface area contributed by atoms with Gasteiger partial charge in [-0.1, -0.05) is 41.9 Å². The third-order valence-corrected chi connectivity index (χ3v) is 2.61. The number of halogens is 1. The zero-order chi connectivity index (χ0) is 10.8. The van der Waals surface area contributed by atoms with Crippen LogP contribution < -0.4 is 0 Å². The molecular formula is C11H10ClNO2. The van der Waals surface area contributed by atoms with Gasteiger partial charge >= 0.3 is 0 Å². The highest BCUT2D eigenvalue weighted by molar-refractivity contribution is 6.39. The van der Waals surface area contributed by atoms with Crippen LogP contribution in [0.5, 0.6) is 0 Å². The average Bonchev–Trinajstić information content (AvgIpc) is 2.89. The molecule has 0 amide bonds. The molecule has 1 aliphatic heterocycles. The first-order valence-electron chi connectivity index (χ1n) is 4.57. The van der Waals surface area contributed by atoms with E-state index in [4.69, 9.17) is 11.6 Å². The molecule has 1 aromatic carbocycles. The molecule has 0 radical (unpaired) electrons. The molecule has 3 nitrogen and oxygen atoms in total. The minimum Gasteiger partial charge on any atom is -0.368 e. The van der Waals surface area contributed by atoms with Gasteiger partial charge in [0, 0.05) is 6.54 Å². The summed E-state index contributed by atoms with van der Waals surface area (Å²) in [6.45, 7) is 0.571. The molecule has 0 bridgehead atoms. The summed E-state index contributed by atoms with van der Waals surface area (Å²) >= 11 is 5.63. The Bertz CT molecular complexity index is 402. The maximum Gasteiger partial charge on any atom is 0.170 e. The number of benzene rings is 1. The van der Waals surface area contributed by atoms with E-state index in [1.54, 1.807) is 4.90 Å². The summed E-state index contributed by atoms with van der Waals surface area (Å²) in [6, 6.07) is 9.69. The van der Waals surface area contributed by atoms with Crippen molar-refractivity contribution in [2.24, 2.45) is 0 Å². The molecule has 2 rings (SSSR count). The fourth-order valence-electron chi connectivity index (χ4n) is 1.49. The van der Waals surface area contributed by atoms with Gasteiger partial charge in [-0.15, -0.1) is 0 Å². The van der Waals surface area contributed by atoms with E-state index >= 15 is 0 Å². The molecule has 1 atom stereocenters. The Kier molecular flexibility index (Phi) is 2.75. The fourth-order valence-corrected chi connectivity index (χ4v) is 1.70. The van der Waals surface area contributed by atoms with Gasteiger partial charge in [-0.3, -0.25) is 4.79 Å². The topological polar surface area (TPSA) is 40.3 Å². The van der Waals surface area contributed by atoms with Crippen molar-refractivity contribution in [2.45, 2.75) is 12.8 Å². The Balaban J connectivity index is 2.08. The predicted molar refractivity (Wildman–Crippen MR) is 56.9 cm³/mol. The largest absolute Gasteiger partial charge is 0.368 e. The highest BCUT2D eigenvalue weighted by Crippen LogP contribution is 2.36. The lowest BCUT2D eigenvalue weighted by Gasteiger charge is -2.01. The first-order valence-corrected chi connectivity index (χ1v) is 4.95. The molecule has 4 heteroatoms. The number of allylic oxidation sites excluding steroid dienone is 1. The third-order valence-electron chi connectivity index (χ3n) is 2.33. The van der Waals surface area contributed by atoms with Gasteiger partial charge in [0.15, 0.2) is 12.5 Å². The minimum absolute atomic E-state index is 0.0819. The van der Waals surface area contributed by atoms with E-state index in [9.17, 15) is 9.90 Å². The Morgan fingerprint density at radius 3 is 2.73 bits per heavy atom. The highest BCUT2D eigenvalue weighted by Gasteiger charge is 2.41. The lowest BCUT2D eigenvalue weighted by molar-refractivity contribution is -0.104. The first kappa shape index (κ1) is 10.2. The van der Waals surface area contributed by atoms with E-state index < -0.39 is 6.23 Å². The van der Waals surface area contributed by atoms with Crippen molar-refractivity contribution < 1.29 is 9.90 Å². The van der Waals surface area contributed by atoms with Crippen LogP contribution in [0, 0.1) is 0 Å². The molecule has 78 valence electrons. The van der Waals surface area contributed by atoms with Crippen molar-refractivity contribution >= 4 is 17.9 Å². The Labute approximate surface area is 92.6 Å². The molecule has 1 saturated heterocycles. The van der Waals surface area contributed by atoms with Gasteiger partial charge in [0.2, 0.25) is 0 Å². The van der Waals surface area contributed by atoms with E-state index in [0.29, 0.717) is 18.5 Å². The molecule has 0 aromatic heterocycles. The van der Waals surface area contributed by atoms with Gasteiger partial charge in [-0.25, -0.2) is 0 Å². The smallest absolute Gasteiger partial charge is 0.170 e. The van der Waals surface area contributed by atoms with Crippen LogP contribution in [0.15, 0.2) is 41.1 Å². The van der Waals surface area contributed by atoms with Crippen LogP contribution in [0.1, 0.15) is 5.56 Å². The standard InChI is InChI=1S/C11H10ClNO2/c12-9(7-14)10-11(15)13(10)6-8-4-2-1-3-5-8/h1-5,7,11,15H,6H2/b10-9+. The van der Waals surface area contributed by atoms with E-state index in [2.05, 4.69) is 0 Å². The van der Waals surface area contributed by atoms with Crippen molar-refractivity contribution in [1.29, 1.82) is 0 Å². The predicted octanol–water partition coefficient (Wildman–Crippen LogP) is 1.47. The minimum atomic E-state index is -0.706. The summed E-state index contributed by atoms with van der Waals surface area (Å²) in [4.78, 5) is 12.1. The number of rotatable bonds is 3. The quantitative estimate of drug-likeness (QED) is 0.479. The maximum absolute atomic E-state index is 10.4. The first-order chi connectivity index (χ1) is 7.24. The van der Waals surface area contributed by atoms with Crippen molar-refractivity contribution in [3.05, 3.63) is 46.6 Å². The zero-order valence-electron chi connectivity index (χ0n) is 7.93. The molecule has 1 aromatic rings. The van der Waals surface area contributed by atoms with E-state index in [1.807, 2.05) is 30.3 Å². The van der Waals surface area contributed by atoms with Gasteiger partial charge in [-0.05, 0) is 5.56 Å². The Hall–Kier alpha value is -1.32. The molecule has 0 aliphatic carbocycles. The number of carbonyl (C=O) groups is 1. The van der Waals surface area contributed by atoms with Gasteiger partial charge in [0.25, 0.3) is 0 Å². The Morgan fingerprint density at radius 2 is 2.13 bits per heavy atom. The van der Waals surface area contributed by atoms with Crippen molar-refractivity contribution in [3.8, 4) is 0 Å². The van der Waals surface area contributed by atoms with E-state index in [-0.39, 0.29) is 5.03 Å². The maximum atomic E-state index is 10.4. The zero-order valence-corrected chi connectivity index (χ0v) is 8.69. The molecule has 0 saturated carbocycles.